The molecule has 0 radical (unpaired) electrons. The van der Waals surface area contributed by atoms with Gasteiger partial charge in [-0.3, -0.25) is 14.3 Å². The maximum absolute atomic E-state index is 13.4. The van der Waals surface area contributed by atoms with Crippen LogP contribution < -0.4 is 10.3 Å². The van der Waals surface area contributed by atoms with Crippen molar-refractivity contribution in [1.82, 2.24) is 9.55 Å². The fourth-order valence-corrected chi connectivity index (χ4v) is 3.48. The van der Waals surface area contributed by atoms with Gasteiger partial charge in [-0.05, 0) is 30.3 Å². The van der Waals surface area contributed by atoms with Crippen LogP contribution in [0.25, 0.3) is 27.9 Å². The number of benzene rings is 2. The number of ether oxygens (including phenoxy) is 1. The minimum absolute atomic E-state index is 0.291. The molecule has 0 amide bonds. The first-order chi connectivity index (χ1) is 15.2. The molecule has 4 aromatic rings. The smallest absolute Gasteiger partial charge is 0.263 e. The van der Waals surface area contributed by atoms with Gasteiger partial charge < -0.3 is 4.74 Å². The van der Waals surface area contributed by atoms with Gasteiger partial charge in [-0.2, -0.15) is 10.5 Å². The van der Waals surface area contributed by atoms with Crippen molar-refractivity contribution in [3.63, 3.8) is 0 Å². The number of pyridine rings is 2. The summed E-state index contributed by atoms with van der Waals surface area (Å²) >= 11 is 0. The number of nitrogens with zero attached hydrogens (tertiary/aromatic N) is 4. The fraction of sp³-hybridized carbons (Fsp3) is 0.0400. The molecule has 0 aliphatic carbocycles. The second-order valence-electron chi connectivity index (χ2n) is 6.68. The lowest BCUT2D eigenvalue weighted by Gasteiger charge is -2.14. The van der Waals surface area contributed by atoms with Gasteiger partial charge in [0.25, 0.3) is 5.56 Å². The van der Waals surface area contributed by atoms with E-state index in [0.29, 0.717) is 44.8 Å². The Hall–Kier alpha value is -4.68. The molecular formula is C25H16N4O2. The highest BCUT2D eigenvalue weighted by Gasteiger charge is 2.17. The van der Waals surface area contributed by atoms with Crippen LogP contribution in [0, 0.1) is 22.7 Å². The summed E-state index contributed by atoms with van der Waals surface area (Å²) in [6.45, 7) is 0. The Morgan fingerprint density at radius 1 is 0.935 bits per heavy atom. The molecule has 6 heteroatoms. The summed E-state index contributed by atoms with van der Waals surface area (Å²) in [5.74, 6) is 0.443. The first-order valence-corrected chi connectivity index (χ1v) is 9.42. The molecule has 2 heterocycles. The zero-order chi connectivity index (χ0) is 21.8. The normalized spacial score (nSPS) is 10.2. The van der Waals surface area contributed by atoms with Gasteiger partial charge in [0.1, 0.15) is 17.4 Å². The number of hydrogen-bond donors (Lipinski definition) is 0. The quantitative estimate of drug-likeness (QED) is 0.505. The second-order valence-corrected chi connectivity index (χ2v) is 6.68. The van der Waals surface area contributed by atoms with E-state index in [-0.39, 0.29) is 5.56 Å². The van der Waals surface area contributed by atoms with Crippen LogP contribution in [-0.4, -0.2) is 16.7 Å². The molecule has 148 valence electrons. The minimum Gasteiger partial charge on any atom is -0.495 e. The lowest BCUT2D eigenvalue weighted by molar-refractivity contribution is 0.413. The van der Waals surface area contributed by atoms with Crippen LogP contribution in [0.5, 0.6) is 5.75 Å². The van der Waals surface area contributed by atoms with Crippen LogP contribution in [0.1, 0.15) is 11.1 Å². The van der Waals surface area contributed by atoms with Crippen LogP contribution in [0.4, 0.5) is 0 Å². The molecule has 0 bridgehead atoms. The molecule has 6 nitrogen and oxygen atoms in total. The van der Waals surface area contributed by atoms with Crippen molar-refractivity contribution in [1.29, 1.82) is 10.5 Å². The molecule has 4 rings (SSSR count). The summed E-state index contributed by atoms with van der Waals surface area (Å²) in [4.78, 5) is 17.6. The molecule has 2 aromatic heterocycles. The topological polar surface area (TPSA) is 91.7 Å². The summed E-state index contributed by atoms with van der Waals surface area (Å²) < 4.78 is 6.82. The zero-order valence-electron chi connectivity index (χ0n) is 16.6. The molecule has 2 aromatic carbocycles. The summed E-state index contributed by atoms with van der Waals surface area (Å²) in [6.07, 6.45) is 4.88. The highest BCUT2D eigenvalue weighted by molar-refractivity contribution is 5.79. The van der Waals surface area contributed by atoms with Gasteiger partial charge in [0.2, 0.25) is 0 Å². The van der Waals surface area contributed by atoms with Gasteiger partial charge in [0, 0.05) is 34.6 Å². The third-order valence-electron chi connectivity index (χ3n) is 4.95. The molecule has 0 saturated carbocycles. The fourth-order valence-electron chi connectivity index (χ4n) is 3.48. The van der Waals surface area contributed by atoms with E-state index >= 15 is 0 Å². The average Bonchev–Trinajstić information content (AvgIpc) is 2.84. The number of rotatable bonds is 4. The average molecular weight is 404 g/mol. The molecule has 0 atom stereocenters. The van der Waals surface area contributed by atoms with Crippen molar-refractivity contribution in [2.75, 3.05) is 7.11 Å². The lowest BCUT2D eigenvalue weighted by atomic mass is 9.95. The van der Waals surface area contributed by atoms with E-state index in [1.54, 1.807) is 79.3 Å². The van der Waals surface area contributed by atoms with Crippen LogP contribution >= 0.6 is 0 Å². The van der Waals surface area contributed by atoms with Crippen molar-refractivity contribution < 1.29 is 4.74 Å². The van der Waals surface area contributed by atoms with Gasteiger partial charge in [-0.1, -0.05) is 30.3 Å². The largest absolute Gasteiger partial charge is 0.495 e. The molecule has 0 N–H and O–H groups in total. The standard InChI is InChI=1S/C25H16N4O2/c1-31-24-10-4-9-21(23(24)14-27)18-12-22(20-8-3-2-6-17(20)13-26)25(30)29(16-18)19-7-5-11-28-15-19/h2-12,15-16H,1H3. The van der Waals surface area contributed by atoms with Crippen molar-refractivity contribution in [3.8, 4) is 45.8 Å². The number of methoxy groups -OCH3 is 1. The Bertz CT molecular complexity index is 1410. The van der Waals surface area contributed by atoms with E-state index in [2.05, 4.69) is 17.1 Å². The Balaban J connectivity index is 2.09. The number of aromatic nitrogens is 2. The van der Waals surface area contributed by atoms with Gasteiger partial charge in [0.05, 0.1) is 30.6 Å². The Kier molecular flexibility index (Phi) is 5.29. The van der Waals surface area contributed by atoms with Gasteiger partial charge >= 0.3 is 0 Å². The number of nitriles is 2. The maximum atomic E-state index is 13.4. The highest BCUT2D eigenvalue weighted by Crippen LogP contribution is 2.32. The third kappa shape index (κ3) is 3.55. The first kappa shape index (κ1) is 19.6. The number of hydrogen-bond acceptors (Lipinski definition) is 5. The maximum Gasteiger partial charge on any atom is 0.263 e. The van der Waals surface area contributed by atoms with Crippen molar-refractivity contribution in [3.05, 3.63) is 101 Å². The van der Waals surface area contributed by atoms with Crippen LogP contribution in [0.2, 0.25) is 0 Å². The monoisotopic (exact) mass is 404 g/mol. The van der Waals surface area contributed by atoms with E-state index in [1.165, 1.54) is 11.7 Å². The highest BCUT2D eigenvalue weighted by atomic mass is 16.5. The van der Waals surface area contributed by atoms with Crippen LogP contribution in [0.15, 0.2) is 84.0 Å². The van der Waals surface area contributed by atoms with Gasteiger partial charge in [-0.15, -0.1) is 0 Å². The summed E-state index contributed by atoms with van der Waals surface area (Å²) in [5.41, 5.74) is 3.17. The predicted molar refractivity (Wildman–Crippen MR) is 117 cm³/mol. The summed E-state index contributed by atoms with van der Waals surface area (Å²) in [6, 6.07) is 21.8. The third-order valence-corrected chi connectivity index (χ3v) is 4.95. The Morgan fingerprint density at radius 2 is 1.74 bits per heavy atom. The first-order valence-electron chi connectivity index (χ1n) is 9.42. The van der Waals surface area contributed by atoms with E-state index < -0.39 is 0 Å². The molecule has 0 aliphatic rings. The van der Waals surface area contributed by atoms with Crippen molar-refractivity contribution >= 4 is 0 Å². The van der Waals surface area contributed by atoms with E-state index in [1.807, 2.05) is 0 Å². The van der Waals surface area contributed by atoms with Gasteiger partial charge in [-0.25, -0.2) is 0 Å². The minimum atomic E-state index is -0.291. The van der Waals surface area contributed by atoms with E-state index in [4.69, 9.17) is 4.74 Å². The molecule has 0 spiro atoms. The van der Waals surface area contributed by atoms with Gasteiger partial charge in [0.15, 0.2) is 0 Å². The summed E-state index contributed by atoms with van der Waals surface area (Å²) in [5, 5.41) is 19.3. The van der Waals surface area contributed by atoms with Crippen molar-refractivity contribution in [2.24, 2.45) is 0 Å². The molecule has 0 unspecified atom stereocenters. The van der Waals surface area contributed by atoms with E-state index in [9.17, 15) is 15.3 Å². The van der Waals surface area contributed by atoms with Crippen LogP contribution in [-0.2, 0) is 0 Å². The predicted octanol–water partition coefficient (Wildman–Crippen LogP) is 4.32. The van der Waals surface area contributed by atoms with E-state index in [0.717, 1.165) is 0 Å². The summed E-state index contributed by atoms with van der Waals surface area (Å²) in [7, 11) is 1.51. The molecule has 31 heavy (non-hydrogen) atoms. The lowest BCUT2D eigenvalue weighted by Crippen LogP contribution is -2.20. The Morgan fingerprint density at radius 3 is 2.45 bits per heavy atom. The SMILES string of the molecule is COc1cccc(-c2cc(-c3ccccc3C#N)c(=O)n(-c3cccnc3)c2)c1C#N. The molecular weight excluding hydrogens is 388 g/mol. The molecule has 0 aliphatic heterocycles. The second kappa shape index (κ2) is 8.36. The molecule has 0 saturated heterocycles. The van der Waals surface area contributed by atoms with Crippen LogP contribution in [0.3, 0.4) is 0 Å². The molecule has 0 fully saturated rings. The zero-order valence-corrected chi connectivity index (χ0v) is 16.6. The van der Waals surface area contributed by atoms with Crippen molar-refractivity contribution in [2.45, 2.75) is 0 Å². The Labute approximate surface area is 178 Å².